The van der Waals surface area contributed by atoms with Crippen LogP contribution in [0, 0.1) is 5.82 Å². The molecular formula is C12H8F4N2O2. The average molecular weight is 288 g/mol. The molecule has 1 N–H and O–H groups in total. The molecule has 0 radical (unpaired) electrons. The molecule has 0 unspecified atom stereocenters. The molecule has 0 saturated carbocycles. The van der Waals surface area contributed by atoms with Gasteiger partial charge in [-0.05, 0) is 18.2 Å². The van der Waals surface area contributed by atoms with Gasteiger partial charge in [0.2, 0.25) is 0 Å². The first-order chi connectivity index (χ1) is 9.31. The summed E-state index contributed by atoms with van der Waals surface area (Å²) in [5, 5.41) is 0. The third-order valence-electron chi connectivity index (χ3n) is 2.48. The number of carbonyl (C=O) groups is 1. The molecule has 0 bridgehead atoms. The fraction of sp³-hybridized carbons (Fsp3) is 0.167. The number of hydrogen-bond donors (Lipinski definition) is 1. The minimum absolute atomic E-state index is 0.0414. The predicted molar refractivity (Wildman–Crippen MR) is 60.3 cm³/mol. The molecule has 0 atom stereocenters. The van der Waals surface area contributed by atoms with E-state index in [1.54, 1.807) is 0 Å². The van der Waals surface area contributed by atoms with Crippen LogP contribution in [-0.4, -0.2) is 23.0 Å². The second kappa shape index (κ2) is 4.95. The van der Waals surface area contributed by atoms with Crippen molar-refractivity contribution in [1.29, 1.82) is 0 Å². The monoisotopic (exact) mass is 288 g/mol. The fourth-order valence-electron chi connectivity index (χ4n) is 1.57. The SMILES string of the molecule is COC(=O)c1cnc(-c2cc(F)cc(C(F)(F)F)c2)[nH]1. The van der Waals surface area contributed by atoms with Gasteiger partial charge in [-0.2, -0.15) is 13.2 Å². The van der Waals surface area contributed by atoms with E-state index in [0.29, 0.717) is 6.07 Å². The lowest BCUT2D eigenvalue weighted by atomic mass is 10.1. The summed E-state index contributed by atoms with van der Waals surface area (Å²) in [6.45, 7) is 0. The van der Waals surface area contributed by atoms with E-state index in [4.69, 9.17) is 0 Å². The minimum atomic E-state index is -4.67. The zero-order valence-corrected chi connectivity index (χ0v) is 10.1. The summed E-state index contributed by atoms with van der Waals surface area (Å²) in [6.07, 6.45) is -3.58. The van der Waals surface area contributed by atoms with Crippen LogP contribution < -0.4 is 0 Å². The van der Waals surface area contributed by atoms with E-state index < -0.39 is 23.5 Å². The number of aromatic amines is 1. The van der Waals surface area contributed by atoms with Crippen molar-refractivity contribution in [3.63, 3.8) is 0 Å². The number of esters is 1. The van der Waals surface area contributed by atoms with Gasteiger partial charge in [-0.1, -0.05) is 0 Å². The Hall–Kier alpha value is -2.38. The van der Waals surface area contributed by atoms with Gasteiger partial charge in [-0.25, -0.2) is 14.2 Å². The van der Waals surface area contributed by atoms with Crippen molar-refractivity contribution in [1.82, 2.24) is 9.97 Å². The molecule has 106 valence electrons. The molecule has 0 saturated heterocycles. The Kier molecular flexibility index (Phi) is 3.47. The van der Waals surface area contributed by atoms with Gasteiger partial charge in [-0.15, -0.1) is 0 Å². The molecule has 0 fully saturated rings. The summed E-state index contributed by atoms with van der Waals surface area (Å²) in [6, 6.07) is 2.01. The zero-order chi connectivity index (χ0) is 14.9. The summed E-state index contributed by atoms with van der Waals surface area (Å²) >= 11 is 0. The number of carbonyl (C=O) groups excluding carboxylic acids is 1. The quantitative estimate of drug-likeness (QED) is 0.682. The maximum atomic E-state index is 13.2. The minimum Gasteiger partial charge on any atom is -0.464 e. The van der Waals surface area contributed by atoms with Crippen LogP contribution in [0.3, 0.4) is 0 Å². The number of aromatic nitrogens is 2. The first kappa shape index (κ1) is 14.0. The van der Waals surface area contributed by atoms with Crippen LogP contribution in [0.2, 0.25) is 0 Å². The van der Waals surface area contributed by atoms with Crippen LogP contribution in [0.25, 0.3) is 11.4 Å². The van der Waals surface area contributed by atoms with Crippen LogP contribution >= 0.6 is 0 Å². The molecule has 1 heterocycles. The number of nitrogens with zero attached hydrogens (tertiary/aromatic N) is 1. The highest BCUT2D eigenvalue weighted by atomic mass is 19.4. The molecule has 20 heavy (non-hydrogen) atoms. The molecular weight excluding hydrogens is 280 g/mol. The topological polar surface area (TPSA) is 55.0 Å². The number of H-pyrrole nitrogens is 1. The Morgan fingerprint density at radius 1 is 1.30 bits per heavy atom. The van der Waals surface area contributed by atoms with Crippen LogP contribution in [-0.2, 0) is 10.9 Å². The molecule has 0 amide bonds. The van der Waals surface area contributed by atoms with Crippen molar-refractivity contribution in [2.75, 3.05) is 7.11 Å². The second-order valence-electron chi connectivity index (χ2n) is 3.86. The Labute approximate surface area is 110 Å². The molecule has 0 aliphatic carbocycles. The van der Waals surface area contributed by atoms with Crippen LogP contribution in [0.1, 0.15) is 16.1 Å². The molecule has 0 spiro atoms. The molecule has 8 heteroatoms. The fourth-order valence-corrected chi connectivity index (χ4v) is 1.57. The van der Waals surface area contributed by atoms with E-state index in [0.717, 1.165) is 25.4 Å². The first-order valence-corrected chi connectivity index (χ1v) is 5.32. The van der Waals surface area contributed by atoms with Gasteiger partial charge >= 0.3 is 12.1 Å². The van der Waals surface area contributed by atoms with Crippen molar-refractivity contribution in [3.05, 3.63) is 41.5 Å². The molecule has 1 aromatic heterocycles. The number of ether oxygens (including phenoxy) is 1. The van der Waals surface area contributed by atoms with Gasteiger partial charge in [0.25, 0.3) is 0 Å². The lowest BCUT2D eigenvalue weighted by molar-refractivity contribution is -0.137. The number of nitrogens with one attached hydrogen (secondary N) is 1. The molecule has 2 aromatic rings. The molecule has 2 rings (SSSR count). The van der Waals surface area contributed by atoms with E-state index >= 15 is 0 Å². The molecule has 4 nitrogen and oxygen atoms in total. The van der Waals surface area contributed by atoms with Gasteiger partial charge < -0.3 is 9.72 Å². The second-order valence-corrected chi connectivity index (χ2v) is 3.86. The number of imidazole rings is 1. The van der Waals surface area contributed by atoms with Gasteiger partial charge in [0.15, 0.2) is 0 Å². The average Bonchev–Trinajstić information content (AvgIpc) is 2.85. The first-order valence-electron chi connectivity index (χ1n) is 5.32. The Morgan fingerprint density at radius 2 is 2.00 bits per heavy atom. The zero-order valence-electron chi connectivity index (χ0n) is 10.1. The van der Waals surface area contributed by atoms with Crippen molar-refractivity contribution in [2.45, 2.75) is 6.18 Å². The highest BCUT2D eigenvalue weighted by Crippen LogP contribution is 2.32. The number of rotatable bonds is 2. The Morgan fingerprint density at radius 3 is 2.60 bits per heavy atom. The highest BCUT2D eigenvalue weighted by Gasteiger charge is 2.31. The highest BCUT2D eigenvalue weighted by molar-refractivity contribution is 5.87. The van der Waals surface area contributed by atoms with E-state index in [9.17, 15) is 22.4 Å². The Bertz CT molecular complexity index is 649. The largest absolute Gasteiger partial charge is 0.464 e. The van der Waals surface area contributed by atoms with Crippen molar-refractivity contribution < 1.29 is 27.1 Å². The lowest BCUT2D eigenvalue weighted by Gasteiger charge is -2.08. The maximum Gasteiger partial charge on any atom is 0.416 e. The van der Waals surface area contributed by atoms with E-state index in [1.807, 2.05) is 0 Å². The summed E-state index contributed by atoms with van der Waals surface area (Å²) in [5.41, 5.74) is -1.30. The van der Waals surface area contributed by atoms with Gasteiger partial charge in [0.05, 0.1) is 18.9 Å². The van der Waals surface area contributed by atoms with Crippen molar-refractivity contribution in [3.8, 4) is 11.4 Å². The number of benzene rings is 1. The molecule has 0 aliphatic rings. The normalized spacial score (nSPS) is 11.4. The smallest absolute Gasteiger partial charge is 0.416 e. The van der Waals surface area contributed by atoms with Crippen molar-refractivity contribution >= 4 is 5.97 Å². The Balaban J connectivity index is 2.45. The van der Waals surface area contributed by atoms with Crippen LogP contribution in [0.15, 0.2) is 24.4 Å². The lowest BCUT2D eigenvalue weighted by Crippen LogP contribution is -2.06. The van der Waals surface area contributed by atoms with Gasteiger partial charge in [0.1, 0.15) is 17.3 Å². The van der Waals surface area contributed by atoms with Crippen LogP contribution in [0.4, 0.5) is 17.6 Å². The summed E-state index contributed by atoms with van der Waals surface area (Å²) in [4.78, 5) is 17.4. The predicted octanol–water partition coefficient (Wildman–Crippen LogP) is 3.02. The van der Waals surface area contributed by atoms with Crippen molar-refractivity contribution in [2.24, 2.45) is 0 Å². The van der Waals surface area contributed by atoms with Gasteiger partial charge in [0, 0.05) is 5.56 Å². The standard InChI is InChI=1S/C12H8F4N2O2/c1-20-11(19)9-5-17-10(18-9)6-2-7(12(14,15)16)4-8(13)3-6/h2-5H,1H3,(H,17,18). The third-order valence-corrected chi connectivity index (χ3v) is 2.48. The van der Waals surface area contributed by atoms with E-state index in [2.05, 4.69) is 14.7 Å². The molecule has 0 aliphatic heterocycles. The molecule has 1 aromatic carbocycles. The van der Waals surface area contributed by atoms with E-state index in [-0.39, 0.29) is 17.1 Å². The number of methoxy groups -OCH3 is 1. The summed E-state index contributed by atoms with van der Waals surface area (Å²) in [7, 11) is 1.15. The third kappa shape index (κ3) is 2.79. The number of alkyl halides is 3. The summed E-state index contributed by atoms with van der Waals surface area (Å²) in [5.74, 6) is -1.84. The van der Waals surface area contributed by atoms with Crippen LogP contribution in [0.5, 0.6) is 0 Å². The number of halogens is 4. The van der Waals surface area contributed by atoms with E-state index in [1.165, 1.54) is 0 Å². The maximum absolute atomic E-state index is 13.2. The van der Waals surface area contributed by atoms with Gasteiger partial charge in [-0.3, -0.25) is 0 Å². The summed E-state index contributed by atoms with van der Waals surface area (Å²) < 4.78 is 55.4. The number of hydrogen-bond acceptors (Lipinski definition) is 3.